The van der Waals surface area contributed by atoms with Crippen molar-refractivity contribution in [1.29, 1.82) is 0 Å². The molecular weight excluding hydrogens is 949 g/mol. The monoisotopic (exact) mass is 1020 g/mol. The Hall–Kier alpha value is -6.15. The van der Waals surface area contributed by atoms with Crippen LogP contribution in [0.2, 0.25) is 0 Å². The maximum atomic E-state index is 14.9. The van der Waals surface area contributed by atoms with E-state index >= 15 is 0 Å². The average Bonchev–Trinajstić information content (AvgIpc) is 4.03. The van der Waals surface area contributed by atoms with Gasteiger partial charge in [-0.05, 0) is 38.2 Å². The molecule has 19 heteroatoms. The zero-order valence-corrected chi connectivity index (χ0v) is 44.4. The molecule has 0 aliphatic carbocycles. The van der Waals surface area contributed by atoms with Gasteiger partial charge in [-0.15, -0.1) is 0 Å². The van der Waals surface area contributed by atoms with Crippen LogP contribution in [-0.4, -0.2) is 144 Å². The maximum Gasteiger partial charge on any atom is 0.315 e. The molecule has 6 aliphatic rings. The molecule has 19 nitrogen and oxygen atoms in total. The lowest BCUT2D eigenvalue weighted by Crippen LogP contribution is -2.49. The predicted octanol–water partition coefficient (Wildman–Crippen LogP) is 4.57. The van der Waals surface area contributed by atoms with Gasteiger partial charge in [0, 0.05) is 119 Å². The van der Waals surface area contributed by atoms with Gasteiger partial charge in [-0.3, -0.25) is 29.1 Å². The number of ketones is 1. The predicted molar refractivity (Wildman–Crippen MR) is 276 cm³/mol. The van der Waals surface area contributed by atoms with Crippen molar-refractivity contribution in [2.24, 2.45) is 46.6 Å². The van der Waals surface area contributed by atoms with Crippen molar-refractivity contribution in [3.8, 4) is 17.2 Å². The maximum absolute atomic E-state index is 14.9. The third-order valence-electron chi connectivity index (χ3n) is 15.8. The van der Waals surface area contributed by atoms with Crippen molar-refractivity contribution in [1.82, 2.24) is 24.3 Å². The second kappa shape index (κ2) is 21.6. The lowest BCUT2D eigenvalue weighted by atomic mass is 9.79. The molecule has 1 aromatic heterocycles. The number of hydrogen-bond donors (Lipinski definition) is 5. The summed E-state index contributed by atoms with van der Waals surface area (Å²) in [5.41, 5.74) is -0.148. The fourth-order valence-electron chi connectivity index (χ4n) is 11.1. The van der Waals surface area contributed by atoms with Gasteiger partial charge < -0.3 is 54.3 Å². The third kappa shape index (κ3) is 10.7. The number of nitrogens with zero attached hydrogens (tertiary/aromatic N) is 7. The average molecular weight is 1020 g/mol. The smallest absolute Gasteiger partial charge is 0.315 e. The highest BCUT2D eigenvalue weighted by Gasteiger charge is 2.51. The van der Waals surface area contributed by atoms with Crippen LogP contribution in [-0.2, 0) is 37.4 Å². The van der Waals surface area contributed by atoms with Crippen LogP contribution in [0, 0.1) is 36.5 Å². The Morgan fingerprint density at radius 3 is 2.30 bits per heavy atom. The van der Waals surface area contributed by atoms with E-state index in [4.69, 9.17) is 19.2 Å². The number of Topliss-reactive ketones (excluding diaryl/α,β-unsaturated/α-hetero) is 1. The number of imidazole rings is 1. The first-order valence-electron chi connectivity index (χ1n) is 26.0. The van der Waals surface area contributed by atoms with Crippen molar-refractivity contribution in [3.63, 3.8) is 0 Å². The van der Waals surface area contributed by atoms with Gasteiger partial charge in [-0.1, -0.05) is 59.8 Å². The highest BCUT2D eigenvalue weighted by molar-refractivity contribution is 6.21. The van der Waals surface area contributed by atoms with Crippen molar-refractivity contribution in [2.75, 3.05) is 51.1 Å². The van der Waals surface area contributed by atoms with E-state index in [0.29, 0.717) is 70.3 Å². The Balaban J connectivity index is 1.11. The highest BCUT2D eigenvalue weighted by atomic mass is 16.7. The minimum Gasteiger partial charge on any atom is -0.507 e. The second-order valence-corrected chi connectivity index (χ2v) is 21.8. The first-order chi connectivity index (χ1) is 35.0. The van der Waals surface area contributed by atoms with Crippen LogP contribution in [0.25, 0.3) is 10.8 Å². The molecule has 5 bridgehead atoms. The van der Waals surface area contributed by atoms with Crippen LogP contribution in [0.4, 0.5) is 5.69 Å². The van der Waals surface area contributed by atoms with Gasteiger partial charge >= 0.3 is 11.8 Å². The Morgan fingerprint density at radius 2 is 1.64 bits per heavy atom. The summed E-state index contributed by atoms with van der Waals surface area (Å²) in [6.07, 6.45) is 9.13. The number of amides is 2. The first-order valence-corrected chi connectivity index (χ1v) is 26.0. The highest BCUT2D eigenvalue weighted by Crippen LogP contribution is 2.51. The summed E-state index contributed by atoms with van der Waals surface area (Å²) < 4.78 is 20.6. The van der Waals surface area contributed by atoms with E-state index in [2.05, 4.69) is 38.9 Å². The Labute approximate surface area is 432 Å². The fourth-order valence-corrected chi connectivity index (χ4v) is 11.1. The summed E-state index contributed by atoms with van der Waals surface area (Å²) in [6.45, 7) is 21.0. The van der Waals surface area contributed by atoms with Gasteiger partial charge in [-0.2, -0.15) is 0 Å². The van der Waals surface area contributed by atoms with Crippen LogP contribution in [0.1, 0.15) is 103 Å². The topological polar surface area (TPSA) is 241 Å². The minimum absolute atomic E-state index is 0.0534. The summed E-state index contributed by atoms with van der Waals surface area (Å²) in [5, 5.41) is 51.3. The van der Waals surface area contributed by atoms with E-state index < -0.39 is 83.3 Å². The fraction of sp³-hybridized carbons (Fsp3) is 0.582. The molecule has 0 unspecified atom stereocenters. The number of aliphatic hydroxyl groups excluding tert-OH is 2. The van der Waals surface area contributed by atoms with Crippen LogP contribution < -0.4 is 20.8 Å². The number of allylic oxidation sites excluding steroid dienone is 3. The molecule has 6 aliphatic heterocycles. The number of aromatic nitrogens is 2. The number of rotatable bonds is 7. The summed E-state index contributed by atoms with van der Waals surface area (Å²) in [7, 11) is 1.94. The van der Waals surface area contributed by atoms with Crippen molar-refractivity contribution in [2.45, 2.75) is 124 Å². The minimum atomic E-state index is -1.95. The van der Waals surface area contributed by atoms with E-state index in [0.717, 1.165) is 12.4 Å². The van der Waals surface area contributed by atoms with Crippen LogP contribution in [0.15, 0.2) is 58.5 Å². The zero-order valence-electron chi connectivity index (χ0n) is 44.4. The van der Waals surface area contributed by atoms with Gasteiger partial charge in [-0.25, -0.2) is 9.98 Å². The standard InChI is InChI=1S/C55H74N8O11/c1-30(2)28-61-19-16-55(17-20-61)58-43-40-41-48(68)36(8)51-42(40)52(70)54(9,74-51)72-26-12-15-32(4)50(73-39(65)27-38(64)63-24-22-62(23-25-63)29-37-56-18-21-60(37)10)35(7)47(67)34(6)46(66)31(3)13-11-14-33(5)53(71)57-45(49(41)69)44(43)59-55/h11-14,18,21,26,30-32,34-35,46-47,50,58,66-69H,15-17,19-20,22-25,27-29H2,1-10H3/b13-11+,26-12+,33-14-,57-45?/t31-,32+,34+,35+,46-,47+,50+,54-/m0/s1. The molecule has 9 rings (SSSR count). The van der Waals surface area contributed by atoms with Crippen molar-refractivity contribution >= 4 is 40.0 Å². The molecule has 74 heavy (non-hydrogen) atoms. The number of fused-ring (bicyclic) bond motifs is 13. The summed E-state index contributed by atoms with van der Waals surface area (Å²) in [5.74, 6) is -6.32. The lowest BCUT2D eigenvalue weighted by molar-refractivity contribution is -0.162. The number of hydrogen-bond acceptors (Lipinski definition) is 16. The molecule has 1 spiro atoms. The van der Waals surface area contributed by atoms with E-state index in [1.54, 1.807) is 63.9 Å². The van der Waals surface area contributed by atoms with E-state index in [1.807, 2.05) is 24.7 Å². The molecule has 0 radical (unpaired) electrons. The van der Waals surface area contributed by atoms with E-state index in [1.165, 1.54) is 19.3 Å². The number of esters is 1. The number of aliphatic hydroxyl groups is 2. The van der Waals surface area contributed by atoms with E-state index in [9.17, 15) is 39.6 Å². The van der Waals surface area contributed by atoms with Crippen molar-refractivity contribution in [3.05, 3.63) is 76.2 Å². The Kier molecular flexibility index (Phi) is 15.8. The number of carbonyl (C=O) groups excluding carboxylic acids is 4. The molecule has 2 aromatic carbocycles. The SMILES string of the molecule is C/C1=C/C=C/[C@H](C)[C@H](O)[C@@H](C)[C@@H](O)[C@@H](C)[C@H](OC(=O)CC(=O)N2CCN(Cc3nccn3C)CC2)[C@H](C)C/C=C/O[C@@]2(C)Oc3c(C)c(O)c4c(O)c(c5c(c4c3C2=O)NC2(CCN(CC(C)C)CC2)N=5)=NC1=O. The van der Waals surface area contributed by atoms with Gasteiger partial charge in [0.1, 0.15) is 46.2 Å². The molecule has 3 aromatic rings. The quantitative estimate of drug-likeness (QED) is 0.124. The number of anilines is 1. The zero-order chi connectivity index (χ0) is 53.6. The number of aryl methyl sites for hydroxylation is 1. The number of ether oxygens (including phenoxy) is 3. The third-order valence-corrected chi connectivity index (χ3v) is 15.8. The summed E-state index contributed by atoms with van der Waals surface area (Å²) in [6, 6.07) is 0. The number of benzene rings is 2. The number of piperidine rings is 1. The number of piperazine rings is 1. The largest absolute Gasteiger partial charge is 0.507 e. The van der Waals surface area contributed by atoms with Crippen LogP contribution in [0.5, 0.6) is 17.2 Å². The summed E-state index contributed by atoms with van der Waals surface area (Å²) in [4.78, 5) is 76.3. The van der Waals surface area contributed by atoms with Crippen LogP contribution in [0.3, 0.4) is 0 Å². The Morgan fingerprint density at radius 1 is 0.932 bits per heavy atom. The number of phenols is 2. The molecule has 2 fully saturated rings. The molecule has 7 heterocycles. The lowest BCUT2D eigenvalue weighted by Gasteiger charge is -2.38. The molecule has 2 saturated heterocycles. The number of aromatic hydroxyl groups is 2. The second-order valence-electron chi connectivity index (χ2n) is 21.8. The van der Waals surface area contributed by atoms with Gasteiger partial charge in [0.15, 0.2) is 5.75 Å². The van der Waals surface area contributed by atoms with Crippen LogP contribution >= 0.6 is 0 Å². The van der Waals surface area contributed by atoms with Crippen molar-refractivity contribution < 1.29 is 53.8 Å². The normalized spacial score (nSPS) is 29.5. The van der Waals surface area contributed by atoms with Gasteiger partial charge in [0.2, 0.25) is 5.91 Å². The molecule has 2 amide bonds. The molecule has 400 valence electrons. The van der Waals surface area contributed by atoms with Gasteiger partial charge in [0.05, 0.1) is 41.7 Å². The number of phenolic OH excluding ortho intramolecular Hbond substituents is 2. The number of carbonyl (C=O) groups is 4. The Bertz CT molecular complexity index is 2900. The first kappa shape index (κ1) is 54.1. The molecule has 0 saturated carbocycles. The number of nitrogens with one attached hydrogen (secondary N) is 1. The molecule has 8 atom stereocenters. The molecular formula is C55H74N8O11. The molecule has 5 N–H and O–H groups in total. The van der Waals surface area contributed by atoms with Gasteiger partial charge in [0.25, 0.3) is 11.7 Å². The van der Waals surface area contributed by atoms with E-state index in [-0.39, 0.29) is 62.0 Å². The summed E-state index contributed by atoms with van der Waals surface area (Å²) >= 11 is 0. The number of likely N-dealkylation sites (tertiary alicyclic amines) is 1.